The summed E-state index contributed by atoms with van der Waals surface area (Å²) in [5.74, 6) is 1.29. The molecule has 0 aliphatic heterocycles. The first-order valence-corrected chi connectivity index (χ1v) is 9.52. The Kier molecular flexibility index (Phi) is 4.96. The van der Waals surface area contributed by atoms with Gasteiger partial charge in [0.25, 0.3) is 0 Å². The number of pyridine rings is 2. The van der Waals surface area contributed by atoms with Crippen LogP contribution >= 0.6 is 0 Å². The molecule has 0 atom stereocenters. The summed E-state index contributed by atoms with van der Waals surface area (Å²) in [5.41, 5.74) is 9.23. The van der Waals surface area contributed by atoms with Gasteiger partial charge in [0, 0.05) is 35.1 Å². The molecule has 4 aromatic rings. The predicted octanol–water partition coefficient (Wildman–Crippen LogP) is 4.51. The first kappa shape index (κ1) is 17.4. The highest BCUT2D eigenvalue weighted by atomic mass is 15.3. The van der Waals surface area contributed by atoms with Crippen molar-refractivity contribution in [2.24, 2.45) is 5.92 Å². The van der Waals surface area contributed by atoms with Gasteiger partial charge in [-0.2, -0.15) is 0 Å². The molecule has 27 heavy (non-hydrogen) atoms. The molecule has 1 aliphatic carbocycles. The number of nitrogens with zero attached hydrogens (tertiary/aromatic N) is 5. The fraction of sp³-hybridized carbons (Fsp3) is 0.333. The van der Waals surface area contributed by atoms with Crippen molar-refractivity contribution < 1.29 is 0 Å². The SMILES string of the molecule is CC1CCCCC1.Nc1ncc2c(-c3cnc4ncccc4c3)ccn2n1. The molecule has 6 nitrogen and oxygen atoms in total. The van der Waals surface area contributed by atoms with Crippen molar-refractivity contribution >= 4 is 22.5 Å². The molecule has 0 saturated heterocycles. The van der Waals surface area contributed by atoms with Crippen LogP contribution in [0.3, 0.4) is 0 Å². The zero-order valence-electron chi connectivity index (χ0n) is 15.5. The first-order valence-electron chi connectivity index (χ1n) is 9.52. The lowest BCUT2D eigenvalue weighted by Gasteiger charge is -2.15. The van der Waals surface area contributed by atoms with Gasteiger partial charge in [0.1, 0.15) is 0 Å². The standard InChI is InChI=1S/C14H10N6.C7H14/c15-14-18-8-12-11(3-5-20(12)19-14)10-6-9-2-1-4-16-13(9)17-7-10;1-7-5-3-2-4-6-7/h1-8H,(H2,15,19);7H,2-6H2,1H3. The minimum Gasteiger partial charge on any atom is -0.367 e. The first-order chi connectivity index (χ1) is 13.2. The van der Waals surface area contributed by atoms with Crippen LogP contribution in [-0.2, 0) is 0 Å². The Morgan fingerprint density at radius 3 is 2.67 bits per heavy atom. The highest BCUT2D eigenvalue weighted by Gasteiger charge is 2.08. The van der Waals surface area contributed by atoms with Crippen molar-refractivity contribution in [2.45, 2.75) is 39.0 Å². The van der Waals surface area contributed by atoms with E-state index in [4.69, 9.17) is 5.73 Å². The van der Waals surface area contributed by atoms with Crippen LogP contribution < -0.4 is 5.73 Å². The third-order valence-electron chi connectivity index (χ3n) is 5.09. The monoisotopic (exact) mass is 360 g/mol. The number of aromatic nitrogens is 5. The van der Waals surface area contributed by atoms with Gasteiger partial charge in [-0.15, -0.1) is 5.10 Å². The van der Waals surface area contributed by atoms with E-state index >= 15 is 0 Å². The Hall–Kier alpha value is -3.02. The van der Waals surface area contributed by atoms with Gasteiger partial charge in [0.05, 0.1) is 11.7 Å². The molecule has 4 heterocycles. The Morgan fingerprint density at radius 2 is 1.89 bits per heavy atom. The number of nitrogen functional groups attached to an aromatic ring is 1. The van der Waals surface area contributed by atoms with E-state index in [0.717, 1.165) is 33.6 Å². The average molecular weight is 360 g/mol. The third kappa shape index (κ3) is 3.89. The van der Waals surface area contributed by atoms with Gasteiger partial charge in [-0.25, -0.2) is 19.5 Å². The number of hydrogen-bond acceptors (Lipinski definition) is 5. The van der Waals surface area contributed by atoms with Crippen LogP contribution in [-0.4, -0.2) is 24.6 Å². The van der Waals surface area contributed by atoms with Gasteiger partial charge in [-0.3, -0.25) is 0 Å². The Morgan fingerprint density at radius 1 is 1.04 bits per heavy atom. The van der Waals surface area contributed by atoms with Crippen molar-refractivity contribution in [3.05, 3.63) is 49.1 Å². The lowest BCUT2D eigenvalue weighted by Crippen LogP contribution is -1.99. The molecule has 1 aliphatic rings. The minimum absolute atomic E-state index is 0.250. The largest absolute Gasteiger partial charge is 0.367 e. The van der Waals surface area contributed by atoms with Crippen molar-refractivity contribution in [2.75, 3.05) is 5.73 Å². The van der Waals surface area contributed by atoms with Gasteiger partial charge >= 0.3 is 0 Å². The Labute approximate surface area is 158 Å². The smallest absolute Gasteiger partial charge is 0.238 e. The molecule has 0 unspecified atom stereocenters. The van der Waals surface area contributed by atoms with Crippen molar-refractivity contribution in [3.63, 3.8) is 0 Å². The maximum absolute atomic E-state index is 5.58. The summed E-state index contributed by atoms with van der Waals surface area (Å²) in [6.45, 7) is 2.36. The molecule has 1 fully saturated rings. The third-order valence-corrected chi connectivity index (χ3v) is 5.09. The Bertz CT molecular complexity index is 1050. The van der Waals surface area contributed by atoms with Crippen LogP contribution in [0.25, 0.3) is 27.7 Å². The van der Waals surface area contributed by atoms with Gasteiger partial charge in [-0.05, 0) is 30.2 Å². The minimum atomic E-state index is 0.250. The zero-order valence-corrected chi connectivity index (χ0v) is 15.5. The van der Waals surface area contributed by atoms with E-state index in [1.165, 1.54) is 32.1 Å². The molecule has 0 bridgehead atoms. The highest BCUT2D eigenvalue weighted by Crippen LogP contribution is 2.26. The summed E-state index contributed by atoms with van der Waals surface area (Å²) >= 11 is 0. The van der Waals surface area contributed by atoms with Crippen LogP contribution in [0.1, 0.15) is 39.0 Å². The van der Waals surface area contributed by atoms with Crippen LogP contribution in [0.2, 0.25) is 0 Å². The molecule has 0 aromatic carbocycles. The maximum atomic E-state index is 5.58. The van der Waals surface area contributed by atoms with Gasteiger partial charge in [0.2, 0.25) is 5.95 Å². The quantitative estimate of drug-likeness (QED) is 0.540. The summed E-state index contributed by atoms with van der Waals surface area (Å²) < 4.78 is 1.71. The van der Waals surface area contributed by atoms with Crippen molar-refractivity contribution in [1.82, 2.24) is 24.6 Å². The maximum Gasteiger partial charge on any atom is 0.238 e. The van der Waals surface area contributed by atoms with E-state index in [9.17, 15) is 0 Å². The number of nitrogens with two attached hydrogens (primary N) is 1. The van der Waals surface area contributed by atoms with E-state index in [-0.39, 0.29) is 5.95 Å². The predicted molar refractivity (Wildman–Crippen MR) is 108 cm³/mol. The molecular formula is C21H24N6. The normalized spacial score (nSPS) is 14.9. The van der Waals surface area contributed by atoms with Crippen molar-refractivity contribution in [1.29, 1.82) is 0 Å². The Balaban J connectivity index is 0.000000218. The highest BCUT2D eigenvalue weighted by molar-refractivity contribution is 5.86. The number of hydrogen-bond donors (Lipinski definition) is 1. The second-order valence-electron chi connectivity index (χ2n) is 7.19. The fourth-order valence-corrected chi connectivity index (χ4v) is 3.58. The summed E-state index contributed by atoms with van der Waals surface area (Å²) in [4.78, 5) is 12.6. The van der Waals surface area contributed by atoms with E-state index in [1.54, 1.807) is 23.1 Å². The molecule has 0 spiro atoms. The molecule has 138 valence electrons. The summed E-state index contributed by atoms with van der Waals surface area (Å²) in [6.07, 6.45) is 14.5. The summed E-state index contributed by atoms with van der Waals surface area (Å²) in [6, 6.07) is 7.92. The van der Waals surface area contributed by atoms with Gasteiger partial charge in [0.15, 0.2) is 5.65 Å². The molecular weight excluding hydrogens is 336 g/mol. The molecule has 0 amide bonds. The van der Waals surface area contributed by atoms with Gasteiger partial charge in [-0.1, -0.05) is 39.0 Å². The topological polar surface area (TPSA) is 82.0 Å². The molecule has 0 radical (unpaired) electrons. The molecule has 2 N–H and O–H groups in total. The summed E-state index contributed by atoms with van der Waals surface area (Å²) in [7, 11) is 0. The zero-order chi connectivity index (χ0) is 18.6. The van der Waals surface area contributed by atoms with E-state index < -0.39 is 0 Å². The van der Waals surface area contributed by atoms with Gasteiger partial charge < -0.3 is 5.73 Å². The van der Waals surface area contributed by atoms with Crippen LogP contribution in [0.4, 0.5) is 5.95 Å². The van der Waals surface area contributed by atoms with E-state index in [2.05, 4.69) is 33.0 Å². The van der Waals surface area contributed by atoms with Crippen LogP contribution in [0, 0.1) is 5.92 Å². The van der Waals surface area contributed by atoms with E-state index in [0.29, 0.717) is 0 Å². The van der Waals surface area contributed by atoms with E-state index in [1.807, 2.05) is 24.4 Å². The molecule has 5 rings (SSSR count). The van der Waals surface area contributed by atoms with Crippen LogP contribution in [0.5, 0.6) is 0 Å². The number of anilines is 1. The number of rotatable bonds is 1. The fourth-order valence-electron chi connectivity index (χ4n) is 3.58. The lowest BCUT2D eigenvalue weighted by atomic mass is 9.91. The average Bonchev–Trinajstić information content (AvgIpc) is 3.12. The molecule has 4 aromatic heterocycles. The molecule has 1 saturated carbocycles. The molecule has 6 heteroatoms. The second-order valence-corrected chi connectivity index (χ2v) is 7.19. The summed E-state index contributed by atoms with van der Waals surface area (Å²) in [5, 5.41) is 5.14. The second kappa shape index (κ2) is 7.70. The number of fused-ring (bicyclic) bond motifs is 2. The van der Waals surface area contributed by atoms with Crippen LogP contribution in [0.15, 0.2) is 49.1 Å². The lowest BCUT2D eigenvalue weighted by molar-refractivity contribution is 0.385. The van der Waals surface area contributed by atoms with Crippen molar-refractivity contribution in [3.8, 4) is 11.1 Å².